The zero-order chi connectivity index (χ0) is 13.0. The number of benzene rings is 1. The summed E-state index contributed by atoms with van der Waals surface area (Å²) in [5, 5.41) is 3.29. The van der Waals surface area contributed by atoms with Crippen molar-refractivity contribution >= 4 is 15.9 Å². The average molecular weight is 314 g/mol. The Hall–Kier alpha value is -0.410. The third kappa shape index (κ3) is 3.79. The van der Waals surface area contributed by atoms with Crippen LogP contribution in [0.5, 0.6) is 0 Å². The predicted molar refractivity (Wildman–Crippen MR) is 77.2 cm³/mol. The topological polar surface area (TPSA) is 12.0 Å². The molecule has 0 aliphatic heterocycles. The lowest BCUT2D eigenvalue weighted by atomic mass is 9.85. The summed E-state index contributed by atoms with van der Waals surface area (Å²) < 4.78 is 14.2. The molecule has 18 heavy (non-hydrogen) atoms. The Kier molecular flexibility index (Phi) is 5.19. The molecule has 1 fully saturated rings. The minimum atomic E-state index is -0.144. The van der Waals surface area contributed by atoms with E-state index >= 15 is 0 Å². The van der Waals surface area contributed by atoms with Crippen LogP contribution in [0.25, 0.3) is 0 Å². The van der Waals surface area contributed by atoms with Crippen molar-refractivity contribution in [2.75, 3.05) is 13.6 Å². The zero-order valence-electron chi connectivity index (χ0n) is 10.9. The first-order chi connectivity index (χ1) is 8.69. The number of hydrogen-bond donors (Lipinski definition) is 1. The molecule has 0 amide bonds. The van der Waals surface area contributed by atoms with Crippen LogP contribution in [-0.4, -0.2) is 13.6 Å². The van der Waals surface area contributed by atoms with Crippen molar-refractivity contribution in [1.29, 1.82) is 0 Å². The molecular formula is C15H21BrFN. The molecule has 1 saturated carbocycles. The van der Waals surface area contributed by atoms with Crippen LogP contribution in [-0.2, 0) is 6.42 Å². The fraction of sp³-hybridized carbons (Fsp3) is 0.600. The van der Waals surface area contributed by atoms with Crippen molar-refractivity contribution in [3.63, 3.8) is 0 Å². The van der Waals surface area contributed by atoms with E-state index in [2.05, 4.69) is 21.2 Å². The molecule has 0 heterocycles. The lowest BCUT2D eigenvalue weighted by Crippen LogP contribution is -2.26. The van der Waals surface area contributed by atoms with Gasteiger partial charge in [0.15, 0.2) is 0 Å². The quantitative estimate of drug-likeness (QED) is 0.860. The van der Waals surface area contributed by atoms with Crippen molar-refractivity contribution in [3.05, 3.63) is 34.1 Å². The van der Waals surface area contributed by atoms with Crippen LogP contribution in [0.3, 0.4) is 0 Å². The van der Waals surface area contributed by atoms with Gasteiger partial charge in [0.2, 0.25) is 0 Å². The molecule has 0 spiro atoms. The molecule has 1 aromatic rings. The number of halogens is 2. The molecule has 1 nitrogen and oxygen atoms in total. The number of rotatable bonds is 5. The van der Waals surface area contributed by atoms with Crippen LogP contribution in [0.4, 0.5) is 4.39 Å². The van der Waals surface area contributed by atoms with Crippen molar-refractivity contribution in [2.24, 2.45) is 11.8 Å². The van der Waals surface area contributed by atoms with Gasteiger partial charge in [0, 0.05) is 4.47 Å². The Bertz CT molecular complexity index is 368. The number of nitrogens with one attached hydrogen (secondary N) is 1. The third-order valence-electron chi connectivity index (χ3n) is 3.95. The summed E-state index contributed by atoms with van der Waals surface area (Å²) in [6.07, 6.45) is 6.36. The van der Waals surface area contributed by atoms with Crippen LogP contribution < -0.4 is 5.32 Å². The first-order valence-electron chi connectivity index (χ1n) is 6.78. The maximum absolute atomic E-state index is 13.4. The highest BCUT2D eigenvalue weighted by Crippen LogP contribution is 2.33. The molecule has 1 aliphatic carbocycles. The highest BCUT2D eigenvalue weighted by molar-refractivity contribution is 9.10. The van der Waals surface area contributed by atoms with E-state index in [1.807, 2.05) is 13.1 Å². The summed E-state index contributed by atoms with van der Waals surface area (Å²) in [6, 6.07) is 5.23. The molecule has 1 aliphatic rings. The second kappa shape index (κ2) is 6.67. The first-order valence-corrected chi connectivity index (χ1v) is 7.58. The first kappa shape index (κ1) is 14.0. The van der Waals surface area contributed by atoms with Gasteiger partial charge in [0.05, 0.1) is 0 Å². The van der Waals surface area contributed by atoms with Crippen LogP contribution in [0, 0.1) is 17.7 Å². The van der Waals surface area contributed by atoms with Crippen molar-refractivity contribution in [1.82, 2.24) is 5.32 Å². The molecule has 100 valence electrons. The van der Waals surface area contributed by atoms with E-state index in [0.717, 1.165) is 28.9 Å². The lowest BCUT2D eigenvalue weighted by molar-refractivity contribution is 0.328. The van der Waals surface area contributed by atoms with E-state index in [9.17, 15) is 4.39 Å². The van der Waals surface area contributed by atoms with Gasteiger partial charge < -0.3 is 5.32 Å². The van der Waals surface area contributed by atoms with Crippen LogP contribution in [0.2, 0.25) is 0 Å². The number of hydrogen-bond acceptors (Lipinski definition) is 1. The van der Waals surface area contributed by atoms with Gasteiger partial charge in [-0.15, -0.1) is 0 Å². The predicted octanol–water partition coefficient (Wildman–Crippen LogP) is 4.16. The van der Waals surface area contributed by atoms with E-state index in [0.29, 0.717) is 5.92 Å². The second-order valence-corrected chi connectivity index (χ2v) is 6.26. The summed E-state index contributed by atoms with van der Waals surface area (Å²) in [5.74, 6) is 1.29. The van der Waals surface area contributed by atoms with Gasteiger partial charge in [-0.05, 0) is 55.6 Å². The highest BCUT2D eigenvalue weighted by Gasteiger charge is 2.24. The molecule has 1 N–H and O–H groups in total. The van der Waals surface area contributed by atoms with Crippen molar-refractivity contribution in [3.8, 4) is 0 Å². The zero-order valence-corrected chi connectivity index (χ0v) is 12.5. The van der Waals surface area contributed by atoms with E-state index in [1.54, 1.807) is 6.07 Å². The standard InChI is InChI=1S/C15H21BrFN/c1-18-10-13(12-4-2-3-5-12)6-11-7-14(16)9-15(17)8-11/h7-9,12-13,18H,2-6,10H2,1H3. The van der Waals surface area contributed by atoms with Crippen molar-refractivity contribution < 1.29 is 4.39 Å². The van der Waals surface area contributed by atoms with Crippen LogP contribution in [0.15, 0.2) is 22.7 Å². The Morgan fingerprint density at radius 2 is 2.06 bits per heavy atom. The lowest BCUT2D eigenvalue weighted by Gasteiger charge is -2.23. The fourth-order valence-electron chi connectivity index (χ4n) is 3.13. The molecule has 1 aromatic carbocycles. The van der Waals surface area contributed by atoms with Gasteiger partial charge in [0.25, 0.3) is 0 Å². The Balaban J connectivity index is 2.07. The summed E-state index contributed by atoms with van der Waals surface area (Å²) in [7, 11) is 2.00. The monoisotopic (exact) mass is 313 g/mol. The highest BCUT2D eigenvalue weighted by atomic mass is 79.9. The van der Waals surface area contributed by atoms with Crippen LogP contribution in [0.1, 0.15) is 31.2 Å². The molecule has 0 bridgehead atoms. The van der Waals surface area contributed by atoms with E-state index in [-0.39, 0.29) is 5.82 Å². The minimum absolute atomic E-state index is 0.144. The molecule has 0 aromatic heterocycles. The smallest absolute Gasteiger partial charge is 0.124 e. The van der Waals surface area contributed by atoms with Gasteiger partial charge >= 0.3 is 0 Å². The Labute approximate surface area is 117 Å². The molecule has 0 radical (unpaired) electrons. The van der Waals surface area contributed by atoms with Gasteiger partial charge in [0.1, 0.15) is 5.82 Å². The maximum Gasteiger partial charge on any atom is 0.124 e. The SMILES string of the molecule is CNCC(Cc1cc(F)cc(Br)c1)C1CCCC1. The van der Waals surface area contributed by atoms with E-state index in [4.69, 9.17) is 0 Å². The molecule has 0 saturated heterocycles. The third-order valence-corrected chi connectivity index (χ3v) is 4.41. The normalized spacial score (nSPS) is 18.2. The van der Waals surface area contributed by atoms with E-state index in [1.165, 1.54) is 31.7 Å². The van der Waals surface area contributed by atoms with Crippen molar-refractivity contribution in [2.45, 2.75) is 32.1 Å². The second-order valence-electron chi connectivity index (χ2n) is 5.34. The summed E-state index contributed by atoms with van der Waals surface area (Å²) >= 11 is 3.37. The average Bonchev–Trinajstić information content (AvgIpc) is 2.80. The molecular weight excluding hydrogens is 293 g/mol. The van der Waals surface area contributed by atoms with Gasteiger partial charge in [-0.3, -0.25) is 0 Å². The maximum atomic E-state index is 13.4. The van der Waals surface area contributed by atoms with Gasteiger partial charge in [-0.2, -0.15) is 0 Å². The largest absolute Gasteiger partial charge is 0.319 e. The fourth-order valence-corrected chi connectivity index (χ4v) is 3.64. The molecule has 1 atom stereocenters. The molecule has 1 unspecified atom stereocenters. The minimum Gasteiger partial charge on any atom is -0.319 e. The Morgan fingerprint density at radius 3 is 2.67 bits per heavy atom. The van der Waals surface area contributed by atoms with Gasteiger partial charge in [-0.1, -0.05) is 41.6 Å². The Morgan fingerprint density at radius 1 is 1.33 bits per heavy atom. The van der Waals surface area contributed by atoms with Gasteiger partial charge in [-0.25, -0.2) is 4.39 Å². The summed E-state index contributed by atoms with van der Waals surface area (Å²) in [4.78, 5) is 0. The van der Waals surface area contributed by atoms with Crippen LogP contribution >= 0.6 is 15.9 Å². The van der Waals surface area contributed by atoms with E-state index < -0.39 is 0 Å². The molecule has 2 rings (SSSR count). The summed E-state index contributed by atoms with van der Waals surface area (Å²) in [5.41, 5.74) is 1.11. The molecule has 3 heteroatoms. The summed E-state index contributed by atoms with van der Waals surface area (Å²) in [6.45, 7) is 1.03.